The first-order chi connectivity index (χ1) is 31.0. The van der Waals surface area contributed by atoms with Gasteiger partial charge in [-0.25, -0.2) is 0 Å². The largest absolute Gasteiger partial charge is 0.380 e. The lowest BCUT2D eigenvalue weighted by molar-refractivity contribution is 0.0743. The smallest absolute Gasteiger partial charge is 0.195 e. The minimum Gasteiger partial charge on any atom is -0.380 e. The van der Waals surface area contributed by atoms with Gasteiger partial charge in [-0.3, -0.25) is 19.2 Å². The molecule has 4 N–H and O–H groups in total. The molecule has 13 aliphatic rings. The molecule has 312 valence electrons. The summed E-state index contributed by atoms with van der Waals surface area (Å²) in [6, 6.07) is 55.2. The van der Waals surface area contributed by atoms with E-state index in [-0.39, 0.29) is 0 Å². The minimum absolute atomic E-state index is 0.328. The average Bonchev–Trinajstić information content (AvgIpc) is 3.37. The van der Waals surface area contributed by atoms with Crippen molar-refractivity contribution >= 4 is 23.1 Å². The molecule has 0 aromatic heterocycles. The van der Waals surface area contributed by atoms with Crippen molar-refractivity contribution in [3.05, 3.63) is 239 Å². The lowest BCUT2D eigenvalue weighted by atomic mass is 9.93. The van der Waals surface area contributed by atoms with E-state index >= 15 is 0 Å². The van der Waals surface area contributed by atoms with E-state index in [2.05, 4.69) is 0 Å². The van der Waals surface area contributed by atoms with Gasteiger partial charge in [0.25, 0.3) is 0 Å². The normalized spacial score (nSPS) is 17.8. The molecule has 0 heterocycles. The second-order valence-electron chi connectivity index (χ2n) is 15.9. The summed E-state index contributed by atoms with van der Waals surface area (Å²) in [5, 5.41) is 44.2. The number of rotatable bonds is 0. The first kappa shape index (κ1) is 41.6. The monoisotopic (exact) mass is 840 g/mol. The Labute approximate surface area is 369 Å². The molecule has 0 amide bonds. The van der Waals surface area contributed by atoms with Crippen LogP contribution in [0.15, 0.2) is 194 Å². The molecule has 8 aromatic carbocycles. The van der Waals surface area contributed by atoms with Crippen molar-refractivity contribution in [2.75, 3.05) is 0 Å². The molecule has 0 unspecified atom stereocenters. The maximum atomic E-state index is 13.3. The first-order valence-corrected chi connectivity index (χ1v) is 20.7. The van der Waals surface area contributed by atoms with Crippen LogP contribution in [0.25, 0.3) is 44.5 Å². The molecule has 4 atom stereocenters. The SMILES string of the molecule is O=C1c2ccc(cc2)-c2ccc(cc2)[C@@H](O)C(=O)c2ccc(cc2)-c2ccc(cc2)[C@H](O)C(=O)c2ccc(cc2)-c2ccc(cc2)[C@@H](O)C(=O)c2ccc(cc2)-c2ccc(cc2)[C@@H]1O. The van der Waals surface area contributed by atoms with Crippen LogP contribution in [0.2, 0.25) is 0 Å². The van der Waals surface area contributed by atoms with Crippen molar-refractivity contribution in [1.82, 2.24) is 0 Å². The summed E-state index contributed by atoms with van der Waals surface area (Å²) >= 11 is 0. The van der Waals surface area contributed by atoms with Gasteiger partial charge in [0, 0.05) is 22.3 Å². The average molecular weight is 841 g/mol. The Balaban J connectivity index is 0.994. The van der Waals surface area contributed by atoms with Crippen LogP contribution in [0.4, 0.5) is 0 Å². The van der Waals surface area contributed by atoms with E-state index in [0.29, 0.717) is 44.5 Å². The van der Waals surface area contributed by atoms with Gasteiger partial charge in [-0.1, -0.05) is 194 Å². The summed E-state index contributed by atoms with van der Waals surface area (Å²) in [5.41, 5.74) is 9.40. The highest BCUT2D eigenvalue weighted by molar-refractivity contribution is 6.02. The van der Waals surface area contributed by atoms with Crippen molar-refractivity contribution < 1.29 is 39.6 Å². The van der Waals surface area contributed by atoms with Gasteiger partial charge in [-0.2, -0.15) is 0 Å². The Morgan fingerprint density at radius 1 is 0.188 bits per heavy atom. The van der Waals surface area contributed by atoms with Crippen LogP contribution in [0.3, 0.4) is 0 Å². The number of benzene rings is 8. The van der Waals surface area contributed by atoms with Crippen LogP contribution < -0.4 is 0 Å². The molecule has 21 rings (SSSR count). The summed E-state index contributed by atoms with van der Waals surface area (Å²) in [6.07, 6.45) is -5.58. The third-order valence-electron chi connectivity index (χ3n) is 11.9. The van der Waals surface area contributed by atoms with Crippen LogP contribution in [0.1, 0.15) is 88.1 Å². The number of carbonyl (C=O) groups is 4. The van der Waals surface area contributed by atoms with Crippen molar-refractivity contribution in [1.29, 1.82) is 0 Å². The molecule has 0 saturated heterocycles. The van der Waals surface area contributed by atoms with Gasteiger partial charge in [0.15, 0.2) is 23.1 Å². The van der Waals surface area contributed by atoms with Crippen molar-refractivity contribution in [3.8, 4) is 44.5 Å². The zero-order valence-electron chi connectivity index (χ0n) is 34.2. The second kappa shape index (κ2) is 17.6. The van der Waals surface area contributed by atoms with Crippen LogP contribution in [0, 0.1) is 0 Å². The number of aliphatic hydroxyl groups is 4. The second-order valence-corrected chi connectivity index (χ2v) is 15.9. The van der Waals surface area contributed by atoms with Crippen LogP contribution in [-0.4, -0.2) is 43.6 Å². The third-order valence-corrected chi connectivity index (χ3v) is 11.9. The molecule has 16 bridgehead atoms. The first-order valence-electron chi connectivity index (χ1n) is 20.7. The van der Waals surface area contributed by atoms with Crippen molar-refractivity contribution in [3.63, 3.8) is 0 Å². The molecule has 0 fully saturated rings. The topological polar surface area (TPSA) is 149 Å². The maximum Gasteiger partial charge on any atom is 0.195 e. The number of Topliss-reactive ketones (excluding diaryl/α,β-unsaturated/α-hetero) is 4. The quantitative estimate of drug-likeness (QED) is 0.118. The van der Waals surface area contributed by atoms with Crippen molar-refractivity contribution in [2.45, 2.75) is 24.4 Å². The Kier molecular flexibility index (Phi) is 11.4. The van der Waals surface area contributed by atoms with E-state index in [1.807, 2.05) is 0 Å². The lowest BCUT2D eigenvalue weighted by Crippen LogP contribution is -2.12. The van der Waals surface area contributed by atoms with E-state index in [0.717, 1.165) is 44.5 Å². The fraction of sp³-hybridized carbons (Fsp3) is 0.0714. The third kappa shape index (κ3) is 8.30. The Hall–Kier alpha value is -7.72. The van der Waals surface area contributed by atoms with Gasteiger partial charge >= 0.3 is 0 Å². The van der Waals surface area contributed by atoms with E-state index in [1.165, 1.54) is 0 Å². The Morgan fingerprint density at radius 2 is 0.297 bits per heavy atom. The maximum absolute atomic E-state index is 13.3. The molecule has 0 spiro atoms. The zero-order chi connectivity index (χ0) is 44.5. The molecule has 0 saturated carbocycles. The number of hydrogen-bond donors (Lipinski definition) is 4. The summed E-state index contributed by atoms with van der Waals surface area (Å²) < 4.78 is 0. The summed E-state index contributed by atoms with van der Waals surface area (Å²) in [6.45, 7) is 0. The Morgan fingerprint density at radius 3 is 0.438 bits per heavy atom. The van der Waals surface area contributed by atoms with Gasteiger partial charge < -0.3 is 20.4 Å². The lowest BCUT2D eigenvalue weighted by Gasteiger charge is -2.14. The summed E-state index contributed by atoms with van der Waals surface area (Å²) in [7, 11) is 0. The van der Waals surface area contributed by atoms with Gasteiger partial charge in [0.2, 0.25) is 0 Å². The number of ketones is 4. The molecule has 64 heavy (non-hydrogen) atoms. The standard InChI is InChI=1S/C56H40O8/c57-49-41-17-1-33(2-18-41)34-3-19-42(20-4-34)51(59)52(60)44-23-7-37(8-24-44)38-11-27-46(28-12-38)55(63)56(64)48-31-15-40(16-32-48)39-13-29-47(30-14-39)54(62)53(61)45-25-9-36(10-26-45)35-5-21-43(22-6-35)50(49)58/h1-32,49,52-53,56-57,60-61,64H/t49-,52+,53+,56-. The van der Waals surface area contributed by atoms with E-state index in [4.69, 9.17) is 0 Å². The molecule has 8 aromatic rings. The highest BCUT2D eigenvalue weighted by atomic mass is 16.3. The highest BCUT2D eigenvalue weighted by Gasteiger charge is 2.24. The van der Waals surface area contributed by atoms with Crippen LogP contribution in [0.5, 0.6) is 0 Å². The summed E-state index contributed by atoms with van der Waals surface area (Å²) in [4.78, 5) is 53.4. The van der Waals surface area contributed by atoms with E-state index < -0.39 is 47.5 Å². The van der Waals surface area contributed by atoms with Gasteiger partial charge in [-0.05, 0) is 66.8 Å². The number of aliphatic hydroxyl groups excluding tert-OH is 4. The van der Waals surface area contributed by atoms with Gasteiger partial charge in [-0.15, -0.1) is 0 Å². The highest BCUT2D eigenvalue weighted by Crippen LogP contribution is 2.31. The molecular formula is C56H40O8. The van der Waals surface area contributed by atoms with E-state index in [9.17, 15) is 39.6 Å². The van der Waals surface area contributed by atoms with Crippen molar-refractivity contribution in [2.24, 2.45) is 0 Å². The van der Waals surface area contributed by atoms with Gasteiger partial charge in [0.05, 0.1) is 0 Å². The van der Waals surface area contributed by atoms with Crippen LogP contribution in [-0.2, 0) is 0 Å². The molecule has 8 nitrogen and oxygen atoms in total. The minimum atomic E-state index is -1.40. The fourth-order valence-corrected chi connectivity index (χ4v) is 7.98. The summed E-state index contributed by atoms with van der Waals surface area (Å²) in [5.74, 6) is -1.85. The number of carbonyl (C=O) groups excluding carboxylic acids is 4. The number of hydrogen-bond acceptors (Lipinski definition) is 8. The molecule has 13 aliphatic carbocycles. The van der Waals surface area contributed by atoms with Gasteiger partial charge in [0.1, 0.15) is 24.4 Å². The Bertz CT molecular complexity index is 2570. The predicted molar refractivity (Wildman–Crippen MR) is 245 cm³/mol. The molecular weight excluding hydrogens is 801 g/mol. The van der Waals surface area contributed by atoms with Crippen LogP contribution >= 0.6 is 0 Å². The van der Waals surface area contributed by atoms with E-state index in [1.54, 1.807) is 194 Å². The molecule has 0 radical (unpaired) electrons. The molecule has 8 heteroatoms. The molecule has 0 aliphatic heterocycles. The zero-order valence-corrected chi connectivity index (χ0v) is 34.2. The fourth-order valence-electron chi connectivity index (χ4n) is 7.98. The predicted octanol–water partition coefficient (Wildman–Crippen LogP) is 10.3.